The van der Waals surface area contributed by atoms with Crippen molar-refractivity contribution in [3.63, 3.8) is 0 Å². The first kappa shape index (κ1) is 17.0. The van der Waals surface area contributed by atoms with E-state index in [1.807, 2.05) is 12.1 Å². The Labute approximate surface area is 118 Å². The fourth-order valence-electron chi connectivity index (χ4n) is 1.27. The van der Waals surface area contributed by atoms with E-state index < -0.39 is 0 Å². The van der Waals surface area contributed by atoms with Crippen LogP contribution in [-0.4, -0.2) is 25.6 Å². The highest BCUT2D eigenvalue weighted by molar-refractivity contribution is 6.30. The molecule has 0 atom stereocenters. The average molecular weight is 293 g/mol. The Morgan fingerprint density at radius 1 is 1.44 bits per heavy atom. The molecule has 3 N–H and O–H groups in total. The van der Waals surface area contributed by atoms with Gasteiger partial charge in [0.15, 0.2) is 0 Å². The first-order valence-corrected chi connectivity index (χ1v) is 5.95. The molecule has 0 aliphatic heterocycles. The van der Waals surface area contributed by atoms with Crippen LogP contribution in [0.25, 0.3) is 0 Å². The lowest BCUT2D eigenvalue weighted by Crippen LogP contribution is -2.28. The van der Waals surface area contributed by atoms with Crippen molar-refractivity contribution in [3.05, 3.63) is 29.3 Å². The topological polar surface area (TPSA) is 64.4 Å². The summed E-state index contributed by atoms with van der Waals surface area (Å²) in [5.74, 6) is 0.707. The predicted octanol–water partition coefficient (Wildman–Crippen LogP) is 2.00. The second-order valence-corrected chi connectivity index (χ2v) is 3.98. The first-order chi connectivity index (χ1) is 8.22. The van der Waals surface area contributed by atoms with E-state index in [9.17, 15) is 4.79 Å². The molecule has 0 spiro atoms. The molecule has 0 heterocycles. The maximum atomic E-state index is 11.2. The third-order valence-electron chi connectivity index (χ3n) is 2.10. The molecule has 18 heavy (non-hydrogen) atoms. The summed E-state index contributed by atoms with van der Waals surface area (Å²) in [5, 5.41) is 3.38. The van der Waals surface area contributed by atoms with Gasteiger partial charge in [-0.1, -0.05) is 17.7 Å². The molecule has 0 fully saturated rings. The van der Waals surface area contributed by atoms with Gasteiger partial charge >= 0.3 is 0 Å². The van der Waals surface area contributed by atoms with Gasteiger partial charge in [0.25, 0.3) is 0 Å². The van der Waals surface area contributed by atoms with Crippen LogP contribution in [0.5, 0.6) is 5.75 Å². The SMILES string of the molecule is Cl.NCCCC(=O)NCCOc1cccc(Cl)c1. The van der Waals surface area contributed by atoms with Crippen LogP contribution in [0.3, 0.4) is 0 Å². The summed E-state index contributed by atoms with van der Waals surface area (Å²) in [6, 6.07) is 7.15. The molecule has 1 aromatic carbocycles. The van der Waals surface area contributed by atoms with Crippen molar-refractivity contribution in [2.75, 3.05) is 19.7 Å². The number of benzene rings is 1. The van der Waals surface area contributed by atoms with Crippen LogP contribution in [0.4, 0.5) is 0 Å². The number of hydrogen-bond acceptors (Lipinski definition) is 3. The minimum atomic E-state index is 0. The fourth-order valence-corrected chi connectivity index (χ4v) is 1.45. The van der Waals surface area contributed by atoms with Gasteiger partial charge in [-0.25, -0.2) is 0 Å². The smallest absolute Gasteiger partial charge is 0.220 e. The van der Waals surface area contributed by atoms with Crippen LogP contribution in [0.15, 0.2) is 24.3 Å². The monoisotopic (exact) mass is 292 g/mol. The lowest BCUT2D eigenvalue weighted by atomic mass is 10.3. The van der Waals surface area contributed by atoms with Crippen LogP contribution >= 0.6 is 24.0 Å². The number of nitrogens with two attached hydrogens (primary N) is 1. The fraction of sp³-hybridized carbons (Fsp3) is 0.417. The Hall–Kier alpha value is -0.970. The molecule has 0 aromatic heterocycles. The zero-order chi connectivity index (χ0) is 12.5. The van der Waals surface area contributed by atoms with Crippen LogP contribution in [0.2, 0.25) is 5.02 Å². The Bertz CT molecular complexity index is 362. The quantitative estimate of drug-likeness (QED) is 0.756. The van der Waals surface area contributed by atoms with Crippen molar-refractivity contribution in [1.82, 2.24) is 5.32 Å². The van der Waals surface area contributed by atoms with E-state index in [1.165, 1.54) is 0 Å². The van der Waals surface area contributed by atoms with Crippen molar-refractivity contribution in [1.29, 1.82) is 0 Å². The number of amides is 1. The average Bonchev–Trinajstić information content (AvgIpc) is 2.32. The summed E-state index contributed by atoms with van der Waals surface area (Å²) in [6.07, 6.45) is 1.18. The molecule has 6 heteroatoms. The number of carbonyl (C=O) groups excluding carboxylic acids is 1. The van der Waals surface area contributed by atoms with Gasteiger partial charge in [0.2, 0.25) is 5.91 Å². The third-order valence-corrected chi connectivity index (χ3v) is 2.33. The molecule has 0 unspecified atom stereocenters. The highest BCUT2D eigenvalue weighted by Gasteiger charge is 1.99. The molecule has 1 rings (SSSR count). The Morgan fingerprint density at radius 2 is 2.22 bits per heavy atom. The lowest BCUT2D eigenvalue weighted by molar-refractivity contribution is -0.121. The summed E-state index contributed by atoms with van der Waals surface area (Å²) in [5.41, 5.74) is 5.30. The summed E-state index contributed by atoms with van der Waals surface area (Å²) in [6.45, 7) is 1.44. The lowest BCUT2D eigenvalue weighted by Gasteiger charge is -2.07. The second kappa shape index (κ2) is 10.00. The summed E-state index contributed by atoms with van der Waals surface area (Å²) in [4.78, 5) is 11.2. The van der Waals surface area contributed by atoms with E-state index in [2.05, 4.69) is 5.32 Å². The maximum absolute atomic E-state index is 11.2. The molecular weight excluding hydrogens is 275 g/mol. The summed E-state index contributed by atoms with van der Waals surface area (Å²) in [7, 11) is 0. The van der Waals surface area contributed by atoms with E-state index in [4.69, 9.17) is 22.1 Å². The van der Waals surface area contributed by atoms with Crippen molar-refractivity contribution < 1.29 is 9.53 Å². The molecule has 4 nitrogen and oxygen atoms in total. The van der Waals surface area contributed by atoms with Crippen molar-refractivity contribution in [2.24, 2.45) is 5.73 Å². The largest absolute Gasteiger partial charge is 0.492 e. The summed E-state index contributed by atoms with van der Waals surface area (Å²) < 4.78 is 5.42. The Kier molecular flexibility index (Phi) is 9.46. The third kappa shape index (κ3) is 7.37. The van der Waals surface area contributed by atoms with Crippen LogP contribution in [0, 0.1) is 0 Å². The first-order valence-electron chi connectivity index (χ1n) is 5.57. The minimum Gasteiger partial charge on any atom is -0.492 e. The molecule has 1 amide bonds. The van der Waals surface area contributed by atoms with Gasteiger partial charge in [0.05, 0.1) is 6.54 Å². The highest BCUT2D eigenvalue weighted by Crippen LogP contribution is 2.16. The van der Waals surface area contributed by atoms with E-state index >= 15 is 0 Å². The molecular formula is C12H18Cl2N2O2. The molecule has 102 valence electrons. The van der Waals surface area contributed by atoms with E-state index in [-0.39, 0.29) is 18.3 Å². The highest BCUT2D eigenvalue weighted by atomic mass is 35.5. The van der Waals surface area contributed by atoms with Crippen molar-refractivity contribution >= 4 is 29.9 Å². The van der Waals surface area contributed by atoms with Crippen molar-refractivity contribution in [3.8, 4) is 5.75 Å². The molecule has 0 aliphatic carbocycles. The standard InChI is InChI=1S/C12H17ClN2O2.ClH/c13-10-3-1-4-11(9-10)17-8-7-15-12(16)5-2-6-14;/h1,3-4,9H,2,5-8,14H2,(H,15,16);1H. The van der Waals surface area contributed by atoms with E-state index in [0.717, 1.165) is 0 Å². The number of nitrogens with one attached hydrogen (secondary N) is 1. The zero-order valence-corrected chi connectivity index (χ0v) is 11.6. The van der Waals surface area contributed by atoms with Crippen LogP contribution in [-0.2, 0) is 4.79 Å². The van der Waals surface area contributed by atoms with Gasteiger partial charge in [-0.2, -0.15) is 0 Å². The van der Waals surface area contributed by atoms with Crippen molar-refractivity contribution in [2.45, 2.75) is 12.8 Å². The van der Waals surface area contributed by atoms with Gasteiger partial charge in [-0.05, 0) is 31.2 Å². The molecule has 0 aliphatic rings. The van der Waals surface area contributed by atoms with E-state index in [0.29, 0.717) is 43.3 Å². The number of halogens is 2. The minimum absolute atomic E-state index is 0. The maximum Gasteiger partial charge on any atom is 0.220 e. The molecule has 0 radical (unpaired) electrons. The number of rotatable bonds is 7. The molecule has 0 saturated carbocycles. The van der Waals surface area contributed by atoms with Gasteiger partial charge < -0.3 is 15.8 Å². The normalized spacial score (nSPS) is 9.44. The van der Waals surface area contributed by atoms with Crippen LogP contribution < -0.4 is 15.8 Å². The number of ether oxygens (including phenoxy) is 1. The molecule has 0 saturated heterocycles. The predicted molar refractivity (Wildman–Crippen MR) is 75.5 cm³/mol. The molecule has 1 aromatic rings. The van der Waals surface area contributed by atoms with Crippen LogP contribution in [0.1, 0.15) is 12.8 Å². The number of hydrogen-bond donors (Lipinski definition) is 2. The number of carbonyl (C=O) groups is 1. The Balaban J connectivity index is 0.00000289. The van der Waals surface area contributed by atoms with Gasteiger partial charge in [-0.3, -0.25) is 4.79 Å². The summed E-state index contributed by atoms with van der Waals surface area (Å²) >= 11 is 5.80. The molecule has 0 bridgehead atoms. The second-order valence-electron chi connectivity index (χ2n) is 3.55. The van der Waals surface area contributed by atoms with Gasteiger partial charge in [0, 0.05) is 11.4 Å². The zero-order valence-electron chi connectivity index (χ0n) is 10.0. The van der Waals surface area contributed by atoms with E-state index in [1.54, 1.807) is 12.1 Å². The van der Waals surface area contributed by atoms with Gasteiger partial charge in [-0.15, -0.1) is 12.4 Å². The van der Waals surface area contributed by atoms with Gasteiger partial charge in [0.1, 0.15) is 12.4 Å². The Morgan fingerprint density at radius 3 is 2.89 bits per heavy atom.